The summed E-state index contributed by atoms with van der Waals surface area (Å²) in [5, 5.41) is 28.1. The third kappa shape index (κ3) is 4.43. The number of carboxylic acids is 1. The minimum atomic E-state index is -1.20. The topological polar surface area (TPSA) is 152 Å². The average molecular weight is 581 g/mol. The third-order valence-electron chi connectivity index (χ3n) is 7.74. The maximum atomic E-state index is 11.4. The number of carbonyl (C=O) groups is 1. The predicted octanol–water partition coefficient (Wildman–Crippen LogP) is 4.95. The van der Waals surface area contributed by atoms with E-state index in [1.165, 1.54) is 12.1 Å². The number of rotatable bonds is 8. The summed E-state index contributed by atoms with van der Waals surface area (Å²) in [6.45, 7) is 1.14. The van der Waals surface area contributed by atoms with E-state index in [2.05, 4.69) is 42.3 Å². The highest BCUT2D eigenvalue weighted by Crippen LogP contribution is 2.54. The number of pyridine rings is 2. The van der Waals surface area contributed by atoms with E-state index in [1.807, 2.05) is 0 Å². The second-order valence-electron chi connectivity index (χ2n) is 10.3. The first kappa shape index (κ1) is 25.2. The molecule has 0 spiro atoms. The Labute approximate surface area is 237 Å². The van der Waals surface area contributed by atoms with Crippen LogP contribution in [0.4, 0.5) is 5.95 Å². The summed E-state index contributed by atoms with van der Waals surface area (Å²) in [5.74, 6) is 1.93. The largest absolute Gasteiger partial charge is 0.477 e. The lowest BCUT2D eigenvalue weighted by Gasteiger charge is -2.15. The SMILES string of the molecule is O=C(O)c1cc(-c2nc(N3CC4C(/C=C/c5c(-c6c(Cl)cncc6Cl)noc5C5CC5)C4C3)no2)cc(CO)n1. The molecule has 4 aromatic heterocycles. The number of nitrogens with zero attached hydrogens (tertiary/aromatic N) is 6. The van der Waals surface area contributed by atoms with Gasteiger partial charge < -0.3 is 24.2 Å². The predicted molar refractivity (Wildman–Crippen MR) is 144 cm³/mol. The van der Waals surface area contributed by atoms with E-state index in [0.29, 0.717) is 56.5 Å². The Morgan fingerprint density at radius 3 is 2.50 bits per heavy atom. The second-order valence-corrected chi connectivity index (χ2v) is 11.1. The van der Waals surface area contributed by atoms with Crippen molar-refractivity contribution < 1.29 is 24.1 Å². The first-order valence-corrected chi connectivity index (χ1v) is 13.6. The number of carboxylic acid groups (broad SMARTS) is 1. The molecule has 40 heavy (non-hydrogen) atoms. The van der Waals surface area contributed by atoms with E-state index in [4.69, 9.17) is 32.2 Å². The van der Waals surface area contributed by atoms with Crippen molar-refractivity contribution in [3.8, 4) is 22.7 Å². The van der Waals surface area contributed by atoms with Crippen LogP contribution >= 0.6 is 23.2 Å². The zero-order valence-electron chi connectivity index (χ0n) is 20.9. The van der Waals surface area contributed by atoms with Gasteiger partial charge in [0, 0.05) is 48.1 Å². The fourth-order valence-electron chi connectivity index (χ4n) is 5.52. The number of hydrogen-bond donors (Lipinski definition) is 2. The van der Waals surface area contributed by atoms with Crippen LogP contribution in [0.25, 0.3) is 28.8 Å². The van der Waals surface area contributed by atoms with Gasteiger partial charge in [0.25, 0.3) is 11.8 Å². The van der Waals surface area contributed by atoms with Gasteiger partial charge in [0.15, 0.2) is 0 Å². The molecule has 2 unspecified atom stereocenters. The van der Waals surface area contributed by atoms with Crippen LogP contribution in [0.15, 0.2) is 39.6 Å². The van der Waals surface area contributed by atoms with Crippen LogP contribution in [0.2, 0.25) is 10.0 Å². The highest BCUT2D eigenvalue weighted by atomic mass is 35.5. The molecule has 4 aromatic rings. The van der Waals surface area contributed by atoms with E-state index in [1.54, 1.807) is 12.4 Å². The van der Waals surface area contributed by atoms with Crippen LogP contribution in [0, 0.1) is 17.8 Å². The molecular formula is C27H22Cl2N6O5. The summed E-state index contributed by atoms with van der Waals surface area (Å²) in [6, 6.07) is 2.88. The van der Waals surface area contributed by atoms with Crippen molar-refractivity contribution >= 4 is 41.2 Å². The van der Waals surface area contributed by atoms with E-state index in [0.717, 1.165) is 37.3 Å². The second kappa shape index (κ2) is 9.69. The zero-order valence-corrected chi connectivity index (χ0v) is 22.4. The molecule has 13 heteroatoms. The standard InChI is InChI=1S/C27H22Cl2N6O5/c28-19-7-30-8-20(29)22(19)23-16(24(39-33-23)12-1-2-12)4-3-15-17-9-35(10-18(15)17)27-32-25(40-34-27)13-5-14(11-36)31-21(6-13)26(37)38/h3-8,12,15,17-18,36H,1-2,9-11H2,(H,37,38)/b4-3+. The number of aromatic carboxylic acids is 1. The molecule has 3 fully saturated rings. The van der Waals surface area contributed by atoms with Crippen molar-refractivity contribution in [1.29, 1.82) is 0 Å². The van der Waals surface area contributed by atoms with Crippen molar-refractivity contribution in [2.45, 2.75) is 25.4 Å². The van der Waals surface area contributed by atoms with Gasteiger partial charge in [-0.25, -0.2) is 9.78 Å². The maximum absolute atomic E-state index is 11.4. The van der Waals surface area contributed by atoms with E-state index in [9.17, 15) is 15.0 Å². The minimum Gasteiger partial charge on any atom is -0.477 e. The molecule has 2 atom stereocenters. The molecule has 0 amide bonds. The summed E-state index contributed by atoms with van der Waals surface area (Å²) < 4.78 is 11.2. The van der Waals surface area contributed by atoms with E-state index < -0.39 is 12.6 Å². The van der Waals surface area contributed by atoms with Crippen molar-refractivity contribution in [1.82, 2.24) is 25.3 Å². The van der Waals surface area contributed by atoms with Gasteiger partial charge in [-0.15, -0.1) is 0 Å². The highest BCUT2D eigenvalue weighted by Gasteiger charge is 2.55. The normalized spacial score (nSPS) is 21.8. The molecule has 204 valence electrons. The van der Waals surface area contributed by atoms with Gasteiger partial charge in [0.1, 0.15) is 17.1 Å². The van der Waals surface area contributed by atoms with Gasteiger partial charge in [-0.1, -0.05) is 40.5 Å². The first-order valence-electron chi connectivity index (χ1n) is 12.8. The Morgan fingerprint density at radius 1 is 1.07 bits per heavy atom. The number of aliphatic hydroxyl groups is 1. The summed E-state index contributed by atoms with van der Waals surface area (Å²) in [4.78, 5) is 25.9. The highest BCUT2D eigenvalue weighted by molar-refractivity contribution is 6.39. The van der Waals surface area contributed by atoms with Crippen LogP contribution in [0.3, 0.4) is 0 Å². The summed E-state index contributed by atoms with van der Waals surface area (Å²) in [6.07, 6.45) is 9.56. The Kier molecular flexibility index (Phi) is 6.10. The molecule has 7 rings (SSSR count). The Balaban J connectivity index is 1.07. The Bertz CT molecular complexity index is 1630. The lowest BCUT2D eigenvalue weighted by Crippen LogP contribution is -2.24. The maximum Gasteiger partial charge on any atom is 0.354 e. The summed E-state index contributed by atoms with van der Waals surface area (Å²) >= 11 is 12.9. The number of anilines is 1. The van der Waals surface area contributed by atoms with Gasteiger partial charge in [-0.2, -0.15) is 4.98 Å². The Morgan fingerprint density at radius 2 is 1.82 bits per heavy atom. The van der Waals surface area contributed by atoms with Crippen LogP contribution < -0.4 is 4.90 Å². The van der Waals surface area contributed by atoms with Crippen molar-refractivity contribution in [2.75, 3.05) is 18.0 Å². The van der Waals surface area contributed by atoms with Crippen LogP contribution in [-0.4, -0.2) is 54.5 Å². The lowest BCUT2D eigenvalue weighted by atomic mass is 10.0. The van der Waals surface area contributed by atoms with Crippen LogP contribution in [0.5, 0.6) is 0 Å². The van der Waals surface area contributed by atoms with E-state index in [-0.39, 0.29) is 17.3 Å². The fourth-order valence-corrected chi connectivity index (χ4v) is 6.06. The van der Waals surface area contributed by atoms with Gasteiger partial charge in [-0.05, 0) is 47.9 Å². The number of hydrogen-bond acceptors (Lipinski definition) is 10. The molecule has 0 radical (unpaired) electrons. The van der Waals surface area contributed by atoms with E-state index >= 15 is 0 Å². The third-order valence-corrected chi connectivity index (χ3v) is 8.32. The quantitative estimate of drug-likeness (QED) is 0.291. The molecule has 2 N–H and O–H groups in total. The van der Waals surface area contributed by atoms with Crippen molar-refractivity contribution in [3.05, 3.63) is 63.4 Å². The molecule has 2 aliphatic carbocycles. The summed E-state index contributed by atoms with van der Waals surface area (Å²) in [5.41, 5.74) is 2.58. The number of aliphatic hydroxyl groups excluding tert-OH is 1. The summed E-state index contributed by atoms with van der Waals surface area (Å²) in [7, 11) is 0. The minimum absolute atomic E-state index is 0.174. The monoisotopic (exact) mass is 580 g/mol. The van der Waals surface area contributed by atoms with Crippen molar-refractivity contribution in [2.24, 2.45) is 17.8 Å². The van der Waals surface area contributed by atoms with Gasteiger partial charge in [0.05, 0.1) is 22.3 Å². The number of aromatic nitrogens is 5. The number of allylic oxidation sites excluding steroid dienone is 1. The molecule has 5 heterocycles. The molecule has 1 aliphatic heterocycles. The molecule has 3 aliphatic rings. The lowest BCUT2D eigenvalue weighted by molar-refractivity contribution is 0.0690. The smallest absolute Gasteiger partial charge is 0.354 e. The van der Waals surface area contributed by atoms with Gasteiger partial charge in [0.2, 0.25) is 0 Å². The zero-order chi connectivity index (χ0) is 27.5. The molecule has 0 aromatic carbocycles. The Hall–Kier alpha value is -3.80. The van der Waals surface area contributed by atoms with Gasteiger partial charge in [-0.3, -0.25) is 4.98 Å². The fraction of sp³-hybridized carbons (Fsp3) is 0.333. The average Bonchev–Trinajstić information content (AvgIpc) is 3.68. The van der Waals surface area contributed by atoms with Crippen LogP contribution in [0.1, 0.15) is 46.3 Å². The molecule has 2 saturated carbocycles. The molecule has 0 bridgehead atoms. The molecule has 11 nitrogen and oxygen atoms in total. The van der Waals surface area contributed by atoms with Crippen LogP contribution in [-0.2, 0) is 6.61 Å². The number of piperidine rings is 1. The number of halogens is 2. The molecule has 1 saturated heterocycles. The molecular weight excluding hydrogens is 559 g/mol. The van der Waals surface area contributed by atoms with Gasteiger partial charge >= 0.3 is 5.97 Å². The first-order chi connectivity index (χ1) is 19.4. The number of fused-ring (bicyclic) bond motifs is 1. The van der Waals surface area contributed by atoms with Crippen molar-refractivity contribution in [3.63, 3.8) is 0 Å².